The van der Waals surface area contributed by atoms with Crippen LogP contribution in [0.3, 0.4) is 0 Å². The van der Waals surface area contributed by atoms with Crippen LogP contribution in [0.5, 0.6) is 0 Å². The van der Waals surface area contributed by atoms with Crippen molar-refractivity contribution in [2.75, 3.05) is 26.2 Å². The maximum atomic E-state index is 13.7. The van der Waals surface area contributed by atoms with Crippen molar-refractivity contribution in [1.82, 2.24) is 20.0 Å². The van der Waals surface area contributed by atoms with Crippen molar-refractivity contribution in [2.24, 2.45) is 0 Å². The Kier molecular flexibility index (Phi) is 5.83. The van der Waals surface area contributed by atoms with E-state index in [2.05, 4.69) is 15.3 Å². The molecule has 150 valence electrons. The van der Waals surface area contributed by atoms with Crippen LogP contribution in [-0.2, 0) is 13.1 Å². The molecule has 0 amide bonds. The quantitative estimate of drug-likeness (QED) is 0.726. The van der Waals surface area contributed by atoms with Gasteiger partial charge in [-0.1, -0.05) is 30.3 Å². The van der Waals surface area contributed by atoms with Gasteiger partial charge < -0.3 is 5.32 Å². The van der Waals surface area contributed by atoms with E-state index in [0.717, 1.165) is 42.9 Å². The molecule has 0 bridgehead atoms. The SMILES string of the molecule is Cc1cc(-c2cc(CN3CCNCC3)c(=O)n(Cc3ccccc3)n2)ccc1F. The van der Waals surface area contributed by atoms with Crippen LogP contribution < -0.4 is 10.9 Å². The number of benzene rings is 2. The Bertz CT molecular complexity index is 1040. The number of nitrogens with one attached hydrogen (secondary N) is 1. The first-order chi connectivity index (χ1) is 14.1. The number of aromatic nitrogens is 2. The molecule has 0 spiro atoms. The summed E-state index contributed by atoms with van der Waals surface area (Å²) in [6.45, 7) is 6.39. The monoisotopic (exact) mass is 392 g/mol. The molecule has 0 unspecified atom stereocenters. The van der Waals surface area contributed by atoms with Gasteiger partial charge in [-0.3, -0.25) is 9.69 Å². The van der Waals surface area contributed by atoms with Crippen LogP contribution >= 0.6 is 0 Å². The zero-order valence-electron chi connectivity index (χ0n) is 16.6. The Morgan fingerprint density at radius 3 is 2.52 bits per heavy atom. The van der Waals surface area contributed by atoms with Crippen molar-refractivity contribution in [3.05, 3.63) is 87.5 Å². The molecule has 1 aliphatic heterocycles. The van der Waals surface area contributed by atoms with E-state index in [-0.39, 0.29) is 11.4 Å². The molecule has 3 aromatic rings. The molecule has 6 heteroatoms. The molecule has 1 fully saturated rings. The Labute approximate surface area is 169 Å². The van der Waals surface area contributed by atoms with Crippen LogP contribution in [0.2, 0.25) is 0 Å². The van der Waals surface area contributed by atoms with E-state index in [0.29, 0.717) is 24.3 Å². The number of nitrogens with zero attached hydrogens (tertiary/aromatic N) is 3. The molecule has 2 heterocycles. The van der Waals surface area contributed by atoms with E-state index in [9.17, 15) is 9.18 Å². The lowest BCUT2D eigenvalue weighted by molar-refractivity contribution is 0.231. The summed E-state index contributed by atoms with van der Waals surface area (Å²) in [5, 5.41) is 7.95. The van der Waals surface area contributed by atoms with E-state index in [1.165, 1.54) is 10.7 Å². The highest BCUT2D eigenvalue weighted by Gasteiger charge is 2.16. The van der Waals surface area contributed by atoms with Crippen LogP contribution in [0.4, 0.5) is 4.39 Å². The van der Waals surface area contributed by atoms with E-state index in [1.807, 2.05) is 36.4 Å². The lowest BCUT2D eigenvalue weighted by atomic mass is 10.1. The van der Waals surface area contributed by atoms with Crippen molar-refractivity contribution in [3.8, 4) is 11.3 Å². The summed E-state index contributed by atoms with van der Waals surface area (Å²) in [7, 11) is 0. The first-order valence-electron chi connectivity index (χ1n) is 9.95. The molecule has 1 saturated heterocycles. The molecule has 1 aromatic heterocycles. The van der Waals surface area contributed by atoms with Crippen molar-refractivity contribution < 1.29 is 4.39 Å². The van der Waals surface area contributed by atoms with Gasteiger partial charge in [0, 0.05) is 43.9 Å². The number of hydrogen-bond donors (Lipinski definition) is 1. The van der Waals surface area contributed by atoms with Crippen LogP contribution in [0.1, 0.15) is 16.7 Å². The third kappa shape index (κ3) is 4.60. The summed E-state index contributed by atoms with van der Waals surface area (Å²) in [6, 6.07) is 16.6. The van der Waals surface area contributed by atoms with Gasteiger partial charge in [-0.2, -0.15) is 5.10 Å². The molecule has 0 radical (unpaired) electrons. The average Bonchev–Trinajstić information content (AvgIpc) is 2.74. The van der Waals surface area contributed by atoms with Crippen LogP contribution in [0.15, 0.2) is 59.4 Å². The van der Waals surface area contributed by atoms with Crippen LogP contribution in [-0.4, -0.2) is 40.9 Å². The highest BCUT2D eigenvalue weighted by Crippen LogP contribution is 2.20. The molecule has 1 aliphatic rings. The molecular weight excluding hydrogens is 367 g/mol. The molecule has 0 atom stereocenters. The summed E-state index contributed by atoms with van der Waals surface area (Å²) in [5.41, 5.74) is 3.72. The summed E-state index contributed by atoms with van der Waals surface area (Å²) in [4.78, 5) is 15.4. The second kappa shape index (κ2) is 8.68. The lowest BCUT2D eigenvalue weighted by Gasteiger charge is -2.27. The van der Waals surface area contributed by atoms with Gasteiger partial charge in [0.2, 0.25) is 0 Å². The number of piperazine rings is 1. The summed E-state index contributed by atoms with van der Waals surface area (Å²) < 4.78 is 15.3. The Hall–Kier alpha value is -2.83. The highest BCUT2D eigenvalue weighted by molar-refractivity contribution is 5.60. The topological polar surface area (TPSA) is 50.2 Å². The lowest BCUT2D eigenvalue weighted by Crippen LogP contribution is -2.44. The fourth-order valence-corrected chi connectivity index (χ4v) is 3.63. The second-order valence-corrected chi connectivity index (χ2v) is 7.49. The molecule has 1 N–H and O–H groups in total. The molecular formula is C23H25FN4O. The third-order valence-corrected chi connectivity index (χ3v) is 5.28. The normalized spacial score (nSPS) is 14.8. The predicted molar refractivity (Wildman–Crippen MR) is 112 cm³/mol. The van der Waals surface area contributed by atoms with Gasteiger partial charge in [-0.15, -0.1) is 0 Å². The molecule has 5 nitrogen and oxygen atoms in total. The minimum atomic E-state index is -0.243. The predicted octanol–water partition coefficient (Wildman–Crippen LogP) is 2.81. The van der Waals surface area contributed by atoms with Crippen molar-refractivity contribution in [1.29, 1.82) is 0 Å². The Balaban J connectivity index is 1.75. The van der Waals surface area contributed by atoms with Gasteiger partial charge in [0.15, 0.2) is 0 Å². The third-order valence-electron chi connectivity index (χ3n) is 5.28. The van der Waals surface area contributed by atoms with E-state index >= 15 is 0 Å². The van der Waals surface area contributed by atoms with Gasteiger partial charge in [0.1, 0.15) is 5.82 Å². The number of halogens is 1. The van der Waals surface area contributed by atoms with Gasteiger partial charge in [-0.05, 0) is 42.3 Å². The Morgan fingerprint density at radius 2 is 1.79 bits per heavy atom. The number of aryl methyl sites for hydroxylation is 1. The van der Waals surface area contributed by atoms with Crippen LogP contribution in [0.25, 0.3) is 11.3 Å². The van der Waals surface area contributed by atoms with Crippen molar-refractivity contribution in [2.45, 2.75) is 20.0 Å². The van der Waals surface area contributed by atoms with E-state index < -0.39 is 0 Å². The van der Waals surface area contributed by atoms with Crippen LogP contribution in [0, 0.1) is 12.7 Å². The van der Waals surface area contributed by atoms with Gasteiger partial charge >= 0.3 is 0 Å². The van der Waals surface area contributed by atoms with Gasteiger partial charge in [-0.25, -0.2) is 9.07 Å². The van der Waals surface area contributed by atoms with E-state index in [1.54, 1.807) is 19.1 Å². The summed E-state index contributed by atoms with van der Waals surface area (Å²) in [6.07, 6.45) is 0. The molecule has 29 heavy (non-hydrogen) atoms. The van der Waals surface area contributed by atoms with Crippen molar-refractivity contribution >= 4 is 0 Å². The fourth-order valence-electron chi connectivity index (χ4n) is 3.63. The molecule has 0 saturated carbocycles. The summed E-state index contributed by atoms with van der Waals surface area (Å²) in [5.74, 6) is -0.243. The maximum absolute atomic E-state index is 13.7. The van der Waals surface area contributed by atoms with Gasteiger partial charge in [0.25, 0.3) is 5.56 Å². The average molecular weight is 392 g/mol. The van der Waals surface area contributed by atoms with Gasteiger partial charge in [0.05, 0.1) is 12.2 Å². The fraction of sp³-hybridized carbons (Fsp3) is 0.304. The number of hydrogen-bond acceptors (Lipinski definition) is 4. The first kappa shape index (κ1) is 19.5. The standard InChI is InChI=1S/C23H25FN4O/c1-17-13-19(7-8-21(17)24)22-14-20(16-27-11-9-25-10-12-27)23(29)28(26-22)15-18-5-3-2-4-6-18/h2-8,13-14,25H,9-12,15-16H2,1H3. The molecule has 0 aliphatic carbocycles. The first-order valence-corrected chi connectivity index (χ1v) is 9.95. The molecule has 4 rings (SSSR count). The minimum absolute atomic E-state index is 0.0741. The summed E-state index contributed by atoms with van der Waals surface area (Å²) >= 11 is 0. The molecule has 2 aromatic carbocycles. The van der Waals surface area contributed by atoms with Crippen molar-refractivity contribution in [3.63, 3.8) is 0 Å². The largest absolute Gasteiger partial charge is 0.314 e. The second-order valence-electron chi connectivity index (χ2n) is 7.49. The smallest absolute Gasteiger partial charge is 0.271 e. The zero-order valence-corrected chi connectivity index (χ0v) is 16.6. The maximum Gasteiger partial charge on any atom is 0.271 e. The Morgan fingerprint density at radius 1 is 1.03 bits per heavy atom. The minimum Gasteiger partial charge on any atom is -0.314 e. The zero-order chi connectivity index (χ0) is 20.2. The highest BCUT2D eigenvalue weighted by atomic mass is 19.1. The van der Waals surface area contributed by atoms with E-state index in [4.69, 9.17) is 0 Å². The number of rotatable bonds is 5.